The molecule has 0 unspecified atom stereocenters. The molecule has 1 amide bonds. The minimum Gasteiger partial charge on any atom is -0.481 e. The average Bonchev–Trinajstić information content (AvgIpc) is 3.39. The van der Waals surface area contributed by atoms with E-state index >= 15 is 0 Å². The zero-order chi connectivity index (χ0) is 18.8. The van der Waals surface area contributed by atoms with Crippen LogP contribution in [0.15, 0.2) is 53.1 Å². The van der Waals surface area contributed by atoms with Crippen molar-refractivity contribution in [2.45, 2.75) is 31.8 Å². The van der Waals surface area contributed by atoms with Gasteiger partial charge in [0, 0.05) is 22.2 Å². The molecule has 1 heterocycles. The highest BCUT2D eigenvalue weighted by atomic mass is 35.5. The molecule has 138 valence electrons. The number of carbonyl (C=O) groups is 1. The Balaban J connectivity index is 1.43. The largest absolute Gasteiger partial charge is 0.481 e. The number of benzene rings is 2. The standard InChI is InChI=1S/C20H18ClN3O3/c1-12(26-17-7-3-5-15(21)11-17)19(25)22-16-6-2-4-14(10-16)20-23-18(24-27-20)13-8-9-13/h2-7,10-13H,8-9H2,1H3,(H,22,25)/t12-/m1/s1. The first kappa shape index (κ1) is 17.5. The minimum absolute atomic E-state index is 0.267. The normalized spacial score (nSPS) is 14.6. The summed E-state index contributed by atoms with van der Waals surface area (Å²) in [6.07, 6.45) is 1.54. The van der Waals surface area contributed by atoms with Gasteiger partial charge in [-0.25, -0.2) is 0 Å². The molecule has 1 atom stereocenters. The summed E-state index contributed by atoms with van der Waals surface area (Å²) in [5, 5.41) is 7.42. The van der Waals surface area contributed by atoms with Crippen molar-refractivity contribution in [2.75, 3.05) is 5.32 Å². The van der Waals surface area contributed by atoms with E-state index in [4.69, 9.17) is 20.9 Å². The van der Waals surface area contributed by atoms with Crippen LogP contribution in [0, 0.1) is 0 Å². The van der Waals surface area contributed by atoms with Gasteiger partial charge in [-0.15, -0.1) is 0 Å². The molecule has 0 spiro atoms. The van der Waals surface area contributed by atoms with Crippen molar-refractivity contribution in [3.63, 3.8) is 0 Å². The Hall–Kier alpha value is -2.86. The van der Waals surface area contributed by atoms with E-state index in [2.05, 4.69) is 15.5 Å². The summed E-state index contributed by atoms with van der Waals surface area (Å²) < 4.78 is 11.0. The van der Waals surface area contributed by atoms with E-state index in [1.165, 1.54) is 0 Å². The number of amides is 1. The van der Waals surface area contributed by atoms with Gasteiger partial charge in [-0.1, -0.05) is 28.9 Å². The predicted molar refractivity (Wildman–Crippen MR) is 102 cm³/mol. The van der Waals surface area contributed by atoms with Crippen molar-refractivity contribution in [2.24, 2.45) is 0 Å². The molecule has 0 saturated heterocycles. The van der Waals surface area contributed by atoms with E-state index in [0.29, 0.717) is 28.3 Å². The van der Waals surface area contributed by atoms with Gasteiger partial charge < -0.3 is 14.6 Å². The number of hydrogen-bond donors (Lipinski definition) is 1. The molecule has 1 aliphatic rings. The van der Waals surface area contributed by atoms with Gasteiger partial charge in [-0.2, -0.15) is 4.98 Å². The number of aromatic nitrogens is 2. The Kier molecular flexibility index (Phi) is 4.81. The molecule has 1 saturated carbocycles. The number of ether oxygens (including phenoxy) is 1. The summed E-state index contributed by atoms with van der Waals surface area (Å²) in [7, 11) is 0. The van der Waals surface area contributed by atoms with E-state index in [-0.39, 0.29) is 5.91 Å². The van der Waals surface area contributed by atoms with E-state index in [9.17, 15) is 4.79 Å². The highest BCUT2D eigenvalue weighted by molar-refractivity contribution is 6.30. The van der Waals surface area contributed by atoms with Crippen LogP contribution in [-0.2, 0) is 4.79 Å². The van der Waals surface area contributed by atoms with Crippen LogP contribution >= 0.6 is 11.6 Å². The Morgan fingerprint density at radius 3 is 2.85 bits per heavy atom. The number of nitrogens with one attached hydrogen (secondary N) is 1. The summed E-state index contributed by atoms with van der Waals surface area (Å²) in [5.41, 5.74) is 1.39. The van der Waals surface area contributed by atoms with Crippen molar-refractivity contribution in [3.05, 3.63) is 59.4 Å². The zero-order valence-corrected chi connectivity index (χ0v) is 15.4. The van der Waals surface area contributed by atoms with Gasteiger partial charge in [0.05, 0.1) is 0 Å². The lowest BCUT2D eigenvalue weighted by atomic mass is 10.2. The van der Waals surface area contributed by atoms with Gasteiger partial charge in [0.25, 0.3) is 11.8 Å². The van der Waals surface area contributed by atoms with Gasteiger partial charge in [-0.05, 0) is 56.2 Å². The number of nitrogens with zero attached hydrogens (tertiary/aromatic N) is 2. The minimum atomic E-state index is -0.683. The Bertz CT molecular complexity index is 968. The molecule has 7 heteroatoms. The summed E-state index contributed by atoms with van der Waals surface area (Å²) in [5.74, 6) is 1.91. The van der Waals surface area contributed by atoms with Crippen LogP contribution in [0.1, 0.15) is 31.5 Å². The second-order valence-electron chi connectivity index (χ2n) is 6.52. The molecule has 0 radical (unpaired) electrons. The van der Waals surface area contributed by atoms with Crippen LogP contribution < -0.4 is 10.1 Å². The van der Waals surface area contributed by atoms with Crippen LogP contribution in [0.5, 0.6) is 5.75 Å². The molecule has 0 aliphatic heterocycles. The number of anilines is 1. The van der Waals surface area contributed by atoms with Crippen molar-refractivity contribution in [1.29, 1.82) is 0 Å². The molecule has 2 aromatic carbocycles. The second-order valence-corrected chi connectivity index (χ2v) is 6.96. The molecule has 0 bridgehead atoms. The van der Waals surface area contributed by atoms with Gasteiger partial charge in [0.2, 0.25) is 0 Å². The van der Waals surface area contributed by atoms with Crippen LogP contribution in [0.25, 0.3) is 11.5 Å². The predicted octanol–water partition coefficient (Wildman–Crippen LogP) is 4.67. The van der Waals surface area contributed by atoms with E-state index in [1.807, 2.05) is 12.1 Å². The highest BCUT2D eigenvalue weighted by Gasteiger charge is 2.29. The lowest BCUT2D eigenvalue weighted by Crippen LogP contribution is -2.30. The lowest BCUT2D eigenvalue weighted by molar-refractivity contribution is -0.122. The first-order valence-electron chi connectivity index (χ1n) is 8.75. The lowest BCUT2D eigenvalue weighted by Gasteiger charge is -2.15. The van der Waals surface area contributed by atoms with Crippen molar-refractivity contribution >= 4 is 23.2 Å². The van der Waals surface area contributed by atoms with Crippen LogP contribution in [-0.4, -0.2) is 22.2 Å². The van der Waals surface area contributed by atoms with Gasteiger partial charge in [0.1, 0.15) is 5.75 Å². The van der Waals surface area contributed by atoms with E-state index in [1.54, 1.807) is 43.3 Å². The first-order chi connectivity index (χ1) is 13.1. The molecular weight excluding hydrogens is 366 g/mol. The molecule has 1 aliphatic carbocycles. The number of carbonyl (C=O) groups excluding carboxylic acids is 1. The van der Waals surface area contributed by atoms with Gasteiger partial charge in [-0.3, -0.25) is 4.79 Å². The van der Waals surface area contributed by atoms with E-state index in [0.717, 1.165) is 24.2 Å². The second kappa shape index (κ2) is 7.40. The Labute approximate surface area is 161 Å². The fourth-order valence-electron chi connectivity index (χ4n) is 2.63. The summed E-state index contributed by atoms with van der Waals surface area (Å²) in [6.45, 7) is 1.68. The average molecular weight is 384 g/mol. The topological polar surface area (TPSA) is 77.2 Å². The van der Waals surface area contributed by atoms with Gasteiger partial charge >= 0.3 is 0 Å². The summed E-state index contributed by atoms with van der Waals surface area (Å²) in [4.78, 5) is 16.9. The molecule has 3 aromatic rings. The Morgan fingerprint density at radius 2 is 2.07 bits per heavy atom. The maximum Gasteiger partial charge on any atom is 0.265 e. The molecule has 1 N–H and O–H groups in total. The molecule has 4 rings (SSSR count). The molecule has 1 aromatic heterocycles. The SMILES string of the molecule is C[C@@H](Oc1cccc(Cl)c1)C(=O)Nc1cccc(-c2nc(C3CC3)no2)c1. The van der Waals surface area contributed by atoms with Crippen molar-refractivity contribution < 1.29 is 14.1 Å². The number of hydrogen-bond acceptors (Lipinski definition) is 5. The maximum absolute atomic E-state index is 12.4. The smallest absolute Gasteiger partial charge is 0.265 e. The highest BCUT2D eigenvalue weighted by Crippen LogP contribution is 2.39. The molecular formula is C20H18ClN3O3. The molecule has 6 nitrogen and oxygen atoms in total. The monoisotopic (exact) mass is 383 g/mol. The Morgan fingerprint density at radius 1 is 1.26 bits per heavy atom. The third kappa shape index (κ3) is 4.28. The number of halogens is 1. The quantitative estimate of drug-likeness (QED) is 0.669. The van der Waals surface area contributed by atoms with E-state index < -0.39 is 6.10 Å². The van der Waals surface area contributed by atoms with Crippen LogP contribution in [0.3, 0.4) is 0 Å². The third-order valence-electron chi connectivity index (χ3n) is 4.24. The maximum atomic E-state index is 12.4. The number of rotatable bonds is 6. The third-order valence-corrected chi connectivity index (χ3v) is 4.47. The fourth-order valence-corrected chi connectivity index (χ4v) is 2.81. The van der Waals surface area contributed by atoms with Gasteiger partial charge in [0.15, 0.2) is 11.9 Å². The zero-order valence-electron chi connectivity index (χ0n) is 14.7. The molecule has 1 fully saturated rings. The molecule has 27 heavy (non-hydrogen) atoms. The van der Waals surface area contributed by atoms with Crippen molar-refractivity contribution in [1.82, 2.24) is 10.1 Å². The van der Waals surface area contributed by atoms with Crippen LogP contribution in [0.4, 0.5) is 5.69 Å². The first-order valence-corrected chi connectivity index (χ1v) is 9.13. The summed E-state index contributed by atoms with van der Waals surface area (Å²) in [6, 6.07) is 14.2. The van der Waals surface area contributed by atoms with Crippen LogP contribution in [0.2, 0.25) is 5.02 Å². The summed E-state index contributed by atoms with van der Waals surface area (Å²) >= 11 is 5.94. The van der Waals surface area contributed by atoms with Crippen molar-refractivity contribution in [3.8, 4) is 17.2 Å². The fraction of sp³-hybridized carbons (Fsp3) is 0.250.